The first-order valence-corrected chi connectivity index (χ1v) is 6.29. The molecule has 86 valence electrons. The molecule has 0 aromatic heterocycles. The van der Waals surface area contributed by atoms with Crippen LogP contribution in [0, 0.1) is 11.3 Å². The second kappa shape index (κ2) is 5.01. The SMILES string of the molecule is C=CC(C)CCC1=C(C)CCCC1(C)C. The molecular weight excluding hydrogens is 180 g/mol. The molecule has 0 heteroatoms. The summed E-state index contributed by atoms with van der Waals surface area (Å²) in [7, 11) is 0. The lowest BCUT2D eigenvalue weighted by molar-refractivity contribution is 0.348. The van der Waals surface area contributed by atoms with E-state index < -0.39 is 0 Å². The van der Waals surface area contributed by atoms with Gasteiger partial charge in [-0.3, -0.25) is 0 Å². The van der Waals surface area contributed by atoms with Crippen LogP contribution >= 0.6 is 0 Å². The maximum absolute atomic E-state index is 3.86. The van der Waals surface area contributed by atoms with Gasteiger partial charge in [0.25, 0.3) is 0 Å². The molecule has 0 saturated carbocycles. The molecule has 1 unspecified atom stereocenters. The quantitative estimate of drug-likeness (QED) is 0.560. The second-order valence-electron chi connectivity index (χ2n) is 5.75. The molecule has 0 radical (unpaired) electrons. The highest BCUT2D eigenvalue weighted by molar-refractivity contribution is 5.22. The van der Waals surface area contributed by atoms with Gasteiger partial charge in [0.2, 0.25) is 0 Å². The molecule has 0 bridgehead atoms. The largest absolute Gasteiger partial charge is 0.103 e. The van der Waals surface area contributed by atoms with Gasteiger partial charge in [-0.25, -0.2) is 0 Å². The van der Waals surface area contributed by atoms with Crippen molar-refractivity contribution in [2.75, 3.05) is 0 Å². The Kier molecular flexibility index (Phi) is 4.19. The lowest BCUT2D eigenvalue weighted by Crippen LogP contribution is -2.20. The third-order valence-corrected chi connectivity index (χ3v) is 3.94. The van der Waals surface area contributed by atoms with E-state index in [1.165, 1.54) is 32.1 Å². The van der Waals surface area contributed by atoms with Gasteiger partial charge < -0.3 is 0 Å². The normalized spacial score (nSPS) is 22.7. The summed E-state index contributed by atoms with van der Waals surface area (Å²) in [5.41, 5.74) is 3.83. The number of allylic oxidation sites excluding steroid dienone is 3. The first kappa shape index (κ1) is 12.5. The van der Waals surface area contributed by atoms with Gasteiger partial charge in [-0.05, 0) is 50.4 Å². The van der Waals surface area contributed by atoms with Crippen molar-refractivity contribution in [3.8, 4) is 0 Å². The first-order valence-electron chi connectivity index (χ1n) is 6.29. The Morgan fingerprint density at radius 2 is 2.13 bits per heavy atom. The monoisotopic (exact) mass is 206 g/mol. The summed E-state index contributed by atoms with van der Waals surface area (Å²) >= 11 is 0. The molecule has 1 rings (SSSR count). The van der Waals surface area contributed by atoms with Crippen molar-refractivity contribution < 1.29 is 0 Å². The summed E-state index contributed by atoms with van der Waals surface area (Å²) in [4.78, 5) is 0. The zero-order valence-electron chi connectivity index (χ0n) is 10.9. The molecule has 0 aromatic rings. The molecule has 0 saturated heterocycles. The fraction of sp³-hybridized carbons (Fsp3) is 0.733. The average molecular weight is 206 g/mol. The Morgan fingerprint density at radius 1 is 1.47 bits per heavy atom. The lowest BCUT2D eigenvalue weighted by atomic mass is 9.71. The first-order chi connectivity index (χ1) is 6.97. The van der Waals surface area contributed by atoms with Crippen LogP contribution in [0.25, 0.3) is 0 Å². The average Bonchev–Trinajstić information content (AvgIpc) is 2.15. The maximum atomic E-state index is 3.86. The van der Waals surface area contributed by atoms with Gasteiger partial charge in [-0.2, -0.15) is 0 Å². The molecule has 0 fully saturated rings. The van der Waals surface area contributed by atoms with Gasteiger partial charge in [0, 0.05) is 0 Å². The Labute approximate surface area is 95.5 Å². The molecule has 0 heterocycles. The van der Waals surface area contributed by atoms with Crippen LogP contribution in [-0.4, -0.2) is 0 Å². The van der Waals surface area contributed by atoms with E-state index in [0.717, 1.165) is 0 Å². The molecule has 1 aliphatic carbocycles. The highest BCUT2D eigenvalue weighted by Gasteiger charge is 2.27. The van der Waals surface area contributed by atoms with Crippen molar-refractivity contribution in [3.63, 3.8) is 0 Å². The van der Waals surface area contributed by atoms with E-state index >= 15 is 0 Å². The van der Waals surface area contributed by atoms with Crippen molar-refractivity contribution in [2.45, 2.75) is 59.8 Å². The molecule has 1 aliphatic rings. The van der Waals surface area contributed by atoms with Crippen molar-refractivity contribution in [1.29, 1.82) is 0 Å². The smallest absolute Gasteiger partial charge is 0.0142 e. The summed E-state index contributed by atoms with van der Waals surface area (Å²) in [6.07, 6.45) is 8.67. The van der Waals surface area contributed by atoms with E-state index in [2.05, 4.69) is 40.3 Å². The molecule has 0 N–H and O–H groups in total. The van der Waals surface area contributed by atoms with Gasteiger partial charge in [0.15, 0.2) is 0 Å². The van der Waals surface area contributed by atoms with Crippen LogP contribution in [0.3, 0.4) is 0 Å². The topological polar surface area (TPSA) is 0 Å². The van der Waals surface area contributed by atoms with Gasteiger partial charge in [-0.15, -0.1) is 6.58 Å². The minimum Gasteiger partial charge on any atom is -0.103 e. The van der Waals surface area contributed by atoms with Crippen molar-refractivity contribution in [3.05, 3.63) is 23.8 Å². The summed E-state index contributed by atoms with van der Waals surface area (Å²) < 4.78 is 0. The highest BCUT2D eigenvalue weighted by Crippen LogP contribution is 2.42. The minimum atomic E-state index is 0.448. The van der Waals surface area contributed by atoms with Gasteiger partial charge in [0.1, 0.15) is 0 Å². The molecule has 0 spiro atoms. The van der Waals surface area contributed by atoms with Crippen LogP contribution in [0.4, 0.5) is 0 Å². The molecule has 1 atom stereocenters. The molecule has 0 amide bonds. The van der Waals surface area contributed by atoms with Crippen molar-refractivity contribution in [2.24, 2.45) is 11.3 Å². The van der Waals surface area contributed by atoms with E-state index in [-0.39, 0.29) is 0 Å². The summed E-state index contributed by atoms with van der Waals surface area (Å²) in [6, 6.07) is 0. The number of rotatable bonds is 4. The molecule has 0 aliphatic heterocycles. The Bertz CT molecular complexity index is 255. The molecule has 15 heavy (non-hydrogen) atoms. The number of hydrogen-bond donors (Lipinski definition) is 0. The summed E-state index contributed by atoms with van der Waals surface area (Å²) in [6.45, 7) is 13.3. The van der Waals surface area contributed by atoms with Crippen LogP contribution in [0.15, 0.2) is 23.8 Å². The standard InChI is InChI=1S/C15H26/c1-6-12(2)9-10-14-13(3)8-7-11-15(14,4)5/h6,12H,1,7-11H2,2-5H3. The van der Waals surface area contributed by atoms with Crippen LogP contribution in [0.5, 0.6) is 0 Å². The zero-order valence-corrected chi connectivity index (χ0v) is 10.9. The maximum Gasteiger partial charge on any atom is -0.0142 e. The van der Waals surface area contributed by atoms with Crippen LogP contribution in [0.2, 0.25) is 0 Å². The number of hydrogen-bond acceptors (Lipinski definition) is 0. The van der Waals surface area contributed by atoms with Gasteiger partial charge in [0.05, 0.1) is 0 Å². The Hall–Kier alpha value is -0.520. The van der Waals surface area contributed by atoms with Crippen LogP contribution in [-0.2, 0) is 0 Å². The van der Waals surface area contributed by atoms with Gasteiger partial charge >= 0.3 is 0 Å². The molecule has 0 aromatic carbocycles. The Morgan fingerprint density at radius 3 is 2.67 bits per heavy atom. The minimum absolute atomic E-state index is 0.448. The van der Waals surface area contributed by atoms with Crippen LogP contribution < -0.4 is 0 Å². The molecular formula is C15H26. The van der Waals surface area contributed by atoms with Crippen molar-refractivity contribution >= 4 is 0 Å². The fourth-order valence-electron chi connectivity index (χ4n) is 2.72. The van der Waals surface area contributed by atoms with Crippen LogP contribution in [0.1, 0.15) is 59.8 Å². The van der Waals surface area contributed by atoms with E-state index in [1.807, 2.05) is 0 Å². The molecule has 0 nitrogen and oxygen atoms in total. The van der Waals surface area contributed by atoms with E-state index in [9.17, 15) is 0 Å². The Balaban J connectivity index is 2.68. The van der Waals surface area contributed by atoms with E-state index in [4.69, 9.17) is 0 Å². The summed E-state index contributed by atoms with van der Waals surface area (Å²) in [5, 5.41) is 0. The highest BCUT2D eigenvalue weighted by atomic mass is 14.3. The third-order valence-electron chi connectivity index (χ3n) is 3.94. The van der Waals surface area contributed by atoms with Crippen molar-refractivity contribution in [1.82, 2.24) is 0 Å². The summed E-state index contributed by atoms with van der Waals surface area (Å²) in [5.74, 6) is 0.656. The fourth-order valence-corrected chi connectivity index (χ4v) is 2.72. The van der Waals surface area contributed by atoms with E-state index in [0.29, 0.717) is 11.3 Å². The zero-order chi connectivity index (χ0) is 11.5. The van der Waals surface area contributed by atoms with E-state index in [1.54, 1.807) is 11.1 Å². The predicted molar refractivity (Wildman–Crippen MR) is 68.9 cm³/mol. The second-order valence-corrected chi connectivity index (χ2v) is 5.75. The third kappa shape index (κ3) is 3.22. The van der Waals surface area contributed by atoms with Gasteiger partial charge in [-0.1, -0.05) is 38.0 Å². The predicted octanol–water partition coefficient (Wildman–Crippen LogP) is 5.12. The lowest BCUT2D eigenvalue weighted by Gasteiger charge is -2.35.